The lowest BCUT2D eigenvalue weighted by Gasteiger charge is -2.28. The van der Waals surface area contributed by atoms with Gasteiger partial charge in [-0.3, -0.25) is 9.59 Å². The van der Waals surface area contributed by atoms with Crippen LogP contribution in [0.5, 0.6) is 0 Å². The first-order valence-electron chi connectivity index (χ1n) is 11.7. The maximum absolute atomic E-state index is 13.1. The Bertz CT molecular complexity index is 932. The number of amides is 3. The number of benzene rings is 2. The third-order valence-corrected chi connectivity index (χ3v) is 5.87. The molecule has 3 amide bonds. The van der Waals surface area contributed by atoms with Gasteiger partial charge in [-0.2, -0.15) is 0 Å². The molecule has 3 N–H and O–H groups in total. The third-order valence-electron chi connectivity index (χ3n) is 5.62. The van der Waals surface area contributed by atoms with Crippen molar-refractivity contribution < 1.29 is 19.5 Å². The van der Waals surface area contributed by atoms with Crippen molar-refractivity contribution in [1.82, 2.24) is 10.2 Å². The molecule has 0 aliphatic carbocycles. The number of unbranched alkanes of at least 4 members (excludes halogenated alkanes) is 1. The fraction of sp³-hybridized carbons (Fsp3) is 0.423. The Balaban J connectivity index is 2.09. The fourth-order valence-electron chi connectivity index (χ4n) is 3.55. The van der Waals surface area contributed by atoms with Crippen LogP contribution in [-0.4, -0.2) is 41.0 Å². The second kappa shape index (κ2) is 14.3. The SMILES string of the molecule is CCCCC(CC)CN(Cc1ccc(C(=O)NCCC(=O)O)cc1)C(=O)Nc1ccc(Cl)cc1. The molecule has 0 radical (unpaired) electrons. The van der Waals surface area contributed by atoms with E-state index < -0.39 is 5.97 Å². The van der Waals surface area contributed by atoms with Gasteiger partial charge in [0.15, 0.2) is 0 Å². The Morgan fingerprint density at radius 1 is 1.03 bits per heavy atom. The molecule has 2 rings (SSSR count). The van der Waals surface area contributed by atoms with Crippen molar-refractivity contribution in [3.8, 4) is 0 Å². The van der Waals surface area contributed by atoms with E-state index in [9.17, 15) is 14.4 Å². The molecule has 0 aromatic heterocycles. The number of hydrogen-bond donors (Lipinski definition) is 3. The first-order chi connectivity index (χ1) is 16.3. The zero-order valence-corrected chi connectivity index (χ0v) is 20.6. The molecule has 34 heavy (non-hydrogen) atoms. The minimum Gasteiger partial charge on any atom is -0.481 e. The van der Waals surface area contributed by atoms with E-state index in [4.69, 9.17) is 16.7 Å². The summed E-state index contributed by atoms with van der Waals surface area (Å²) < 4.78 is 0. The number of anilines is 1. The summed E-state index contributed by atoms with van der Waals surface area (Å²) in [6.07, 6.45) is 4.16. The number of aliphatic carboxylic acids is 1. The fourth-order valence-corrected chi connectivity index (χ4v) is 3.68. The Hall–Kier alpha value is -3.06. The van der Waals surface area contributed by atoms with Crippen molar-refractivity contribution in [3.63, 3.8) is 0 Å². The van der Waals surface area contributed by atoms with Crippen LogP contribution in [0.4, 0.5) is 10.5 Å². The molecule has 2 aromatic rings. The van der Waals surface area contributed by atoms with E-state index >= 15 is 0 Å². The van der Waals surface area contributed by atoms with E-state index in [-0.39, 0.29) is 24.9 Å². The van der Waals surface area contributed by atoms with Crippen LogP contribution >= 0.6 is 11.6 Å². The summed E-state index contributed by atoms with van der Waals surface area (Å²) in [6, 6.07) is 13.8. The number of carboxylic acid groups (broad SMARTS) is 1. The first kappa shape index (κ1) is 27.2. The highest BCUT2D eigenvalue weighted by molar-refractivity contribution is 6.30. The normalized spacial score (nSPS) is 11.5. The zero-order chi connectivity index (χ0) is 24.9. The number of halogens is 1. The molecule has 0 fully saturated rings. The van der Waals surface area contributed by atoms with E-state index in [2.05, 4.69) is 24.5 Å². The number of carboxylic acids is 1. The summed E-state index contributed by atoms with van der Waals surface area (Å²) in [5.41, 5.74) is 2.02. The maximum Gasteiger partial charge on any atom is 0.322 e. The van der Waals surface area contributed by atoms with Crippen LogP contribution in [0, 0.1) is 5.92 Å². The summed E-state index contributed by atoms with van der Waals surface area (Å²) in [7, 11) is 0. The summed E-state index contributed by atoms with van der Waals surface area (Å²) in [5.74, 6) is -0.886. The molecular weight excluding hydrogens is 454 g/mol. The van der Waals surface area contributed by atoms with Crippen molar-refractivity contribution in [2.24, 2.45) is 5.92 Å². The standard InChI is InChI=1S/C26H34ClN3O4/c1-3-5-6-19(4-2)17-30(26(34)29-23-13-11-22(27)12-14-23)18-20-7-9-21(10-8-20)25(33)28-16-15-24(31)32/h7-14,19H,3-6,15-18H2,1-2H3,(H,28,33)(H,29,34)(H,31,32). The van der Waals surface area contributed by atoms with Gasteiger partial charge in [-0.25, -0.2) is 4.79 Å². The molecule has 0 bridgehead atoms. The number of nitrogens with one attached hydrogen (secondary N) is 2. The van der Waals surface area contributed by atoms with Gasteiger partial charge in [0.05, 0.1) is 6.42 Å². The molecule has 0 heterocycles. The zero-order valence-electron chi connectivity index (χ0n) is 19.9. The lowest BCUT2D eigenvalue weighted by atomic mass is 9.98. The molecule has 1 unspecified atom stereocenters. The van der Waals surface area contributed by atoms with Crippen LogP contribution < -0.4 is 10.6 Å². The van der Waals surface area contributed by atoms with E-state index in [1.165, 1.54) is 0 Å². The largest absolute Gasteiger partial charge is 0.481 e. The van der Waals surface area contributed by atoms with Gasteiger partial charge in [0.2, 0.25) is 0 Å². The van der Waals surface area contributed by atoms with E-state index in [1.807, 2.05) is 12.1 Å². The van der Waals surface area contributed by atoms with Gasteiger partial charge in [-0.05, 0) is 54.3 Å². The Kier molecular flexibility index (Phi) is 11.4. The average molecular weight is 488 g/mol. The predicted octanol–water partition coefficient (Wildman–Crippen LogP) is 5.80. The molecule has 2 aromatic carbocycles. The van der Waals surface area contributed by atoms with E-state index in [0.717, 1.165) is 31.2 Å². The number of rotatable bonds is 13. The van der Waals surface area contributed by atoms with Crippen LogP contribution in [0.25, 0.3) is 0 Å². The van der Waals surface area contributed by atoms with Crippen molar-refractivity contribution in [1.29, 1.82) is 0 Å². The Labute approximate surface area is 206 Å². The van der Waals surface area contributed by atoms with Gasteiger partial charge >= 0.3 is 12.0 Å². The monoisotopic (exact) mass is 487 g/mol. The van der Waals surface area contributed by atoms with Crippen molar-refractivity contribution >= 4 is 35.2 Å². The molecule has 0 aliphatic rings. The highest BCUT2D eigenvalue weighted by Crippen LogP contribution is 2.19. The number of urea groups is 1. The first-order valence-corrected chi connectivity index (χ1v) is 12.1. The smallest absolute Gasteiger partial charge is 0.322 e. The molecule has 1 atom stereocenters. The number of hydrogen-bond acceptors (Lipinski definition) is 3. The van der Waals surface area contributed by atoms with Crippen LogP contribution in [-0.2, 0) is 11.3 Å². The molecular formula is C26H34ClN3O4. The maximum atomic E-state index is 13.1. The van der Waals surface area contributed by atoms with Crippen LogP contribution in [0.3, 0.4) is 0 Å². The highest BCUT2D eigenvalue weighted by atomic mass is 35.5. The third kappa shape index (κ3) is 9.43. The van der Waals surface area contributed by atoms with Crippen molar-refractivity contribution in [2.45, 2.75) is 52.5 Å². The Morgan fingerprint density at radius 2 is 1.71 bits per heavy atom. The highest BCUT2D eigenvalue weighted by Gasteiger charge is 2.19. The minimum absolute atomic E-state index is 0.0741. The minimum atomic E-state index is -0.961. The van der Waals surface area contributed by atoms with Gasteiger partial charge < -0.3 is 20.6 Å². The van der Waals surface area contributed by atoms with Gasteiger partial charge in [-0.1, -0.05) is 56.8 Å². The lowest BCUT2D eigenvalue weighted by Crippen LogP contribution is -2.38. The van der Waals surface area contributed by atoms with Crippen molar-refractivity contribution in [2.75, 3.05) is 18.4 Å². The summed E-state index contributed by atoms with van der Waals surface area (Å²) in [6.45, 7) is 5.42. The average Bonchev–Trinajstić information content (AvgIpc) is 2.82. The molecule has 0 saturated carbocycles. The molecule has 8 heteroatoms. The molecule has 0 aliphatic heterocycles. The second-order valence-corrected chi connectivity index (χ2v) is 8.77. The number of nitrogens with zero attached hydrogens (tertiary/aromatic N) is 1. The summed E-state index contributed by atoms with van der Waals surface area (Å²) >= 11 is 5.95. The number of carbonyl (C=O) groups excluding carboxylic acids is 2. The topological polar surface area (TPSA) is 98.7 Å². The van der Waals surface area contributed by atoms with Crippen molar-refractivity contribution in [3.05, 3.63) is 64.7 Å². The number of carbonyl (C=O) groups is 3. The quantitative estimate of drug-likeness (QED) is 0.332. The van der Waals surface area contributed by atoms with E-state index in [0.29, 0.717) is 35.3 Å². The van der Waals surface area contributed by atoms with Crippen LogP contribution in [0.15, 0.2) is 48.5 Å². The molecule has 0 saturated heterocycles. The molecule has 7 nitrogen and oxygen atoms in total. The predicted molar refractivity (Wildman–Crippen MR) is 135 cm³/mol. The lowest BCUT2D eigenvalue weighted by molar-refractivity contribution is -0.136. The van der Waals surface area contributed by atoms with Gasteiger partial charge in [0, 0.05) is 35.9 Å². The van der Waals surface area contributed by atoms with Gasteiger partial charge in [0.1, 0.15) is 0 Å². The van der Waals surface area contributed by atoms with Crippen LogP contribution in [0.2, 0.25) is 5.02 Å². The van der Waals surface area contributed by atoms with Gasteiger partial charge in [-0.15, -0.1) is 0 Å². The second-order valence-electron chi connectivity index (χ2n) is 8.33. The summed E-state index contributed by atoms with van der Waals surface area (Å²) in [5, 5.41) is 14.8. The van der Waals surface area contributed by atoms with E-state index in [1.54, 1.807) is 41.3 Å². The molecule has 184 valence electrons. The van der Waals surface area contributed by atoms with Crippen LogP contribution in [0.1, 0.15) is 61.9 Å². The molecule has 0 spiro atoms. The summed E-state index contributed by atoms with van der Waals surface area (Å²) in [4.78, 5) is 37.8. The Morgan fingerprint density at radius 3 is 2.29 bits per heavy atom. The van der Waals surface area contributed by atoms with Gasteiger partial charge in [0.25, 0.3) is 5.91 Å².